The number of sulfonamides is 1. The van der Waals surface area contributed by atoms with Gasteiger partial charge < -0.3 is 0 Å². The number of nitro groups is 1. The SMILES string of the molecule is Cc1c(F)cc(S(=O)(=O)N2CCC(C#N)CC2)cc1[N+](=O)[O-]. The van der Waals surface area contributed by atoms with Crippen LogP contribution in [0, 0.1) is 40.1 Å². The molecule has 7 nitrogen and oxygen atoms in total. The summed E-state index contributed by atoms with van der Waals surface area (Å²) in [5, 5.41) is 19.7. The van der Waals surface area contributed by atoms with Gasteiger partial charge in [0.2, 0.25) is 10.0 Å². The molecule has 22 heavy (non-hydrogen) atoms. The summed E-state index contributed by atoms with van der Waals surface area (Å²) in [5.41, 5.74) is -0.766. The van der Waals surface area contributed by atoms with E-state index in [0.717, 1.165) is 16.4 Å². The molecule has 0 aliphatic carbocycles. The molecule has 0 amide bonds. The number of hydrogen-bond acceptors (Lipinski definition) is 5. The summed E-state index contributed by atoms with van der Waals surface area (Å²) in [6, 6.07) is 3.76. The van der Waals surface area contributed by atoms with Crippen molar-refractivity contribution < 1.29 is 17.7 Å². The lowest BCUT2D eigenvalue weighted by atomic mass is 10.0. The highest BCUT2D eigenvalue weighted by molar-refractivity contribution is 7.89. The Morgan fingerprint density at radius 1 is 1.41 bits per heavy atom. The number of nitrogens with zero attached hydrogens (tertiary/aromatic N) is 3. The summed E-state index contributed by atoms with van der Waals surface area (Å²) in [7, 11) is -4.01. The molecule has 0 aromatic heterocycles. The molecular formula is C13H14FN3O4S. The van der Waals surface area contributed by atoms with Gasteiger partial charge in [0.05, 0.1) is 21.5 Å². The average molecular weight is 327 g/mol. The molecule has 118 valence electrons. The second-order valence-electron chi connectivity index (χ2n) is 5.11. The van der Waals surface area contributed by atoms with Crippen LogP contribution in [0.4, 0.5) is 10.1 Å². The van der Waals surface area contributed by atoms with Gasteiger partial charge >= 0.3 is 0 Å². The summed E-state index contributed by atoms with van der Waals surface area (Å²) >= 11 is 0. The molecule has 1 saturated heterocycles. The van der Waals surface area contributed by atoms with E-state index in [1.165, 1.54) is 6.92 Å². The van der Waals surface area contributed by atoms with Gasteiger partial charge in [-0.25, -0.2) is 12.8 Å². The van der Waals surface area contributed by atoms with Crippen LogP contribution in [0.1, 0.15) is 18.4 Å². The zero-order chi connectivity index (χ0) is 16.5. The Labute approximate surface area is 127 Å². The van der Waals surface area contributed by atoms with E-state index in [9.17, 15) is 22.9 Å². The first-order valence-electron chi connectivity index (χ1n) is 6.61. The summed E-state index contributed by atoms with van der Waals surface area (Å²) in [6.45, 7) is 1.51. The third-order valence-electron chi connectivity index (χ3n) is 3.76. The number of hydrogen-bond donors (Lipinski definition) is 0. The maximum atomic E-state index is 13.8. The summed E-state index contributed by atoms with van der Waals surface area (Å²) in [5.74, 6) is -1.13. The molecule has 1 heterocycles. The van der Waals surface area contributed by atoms with Gasteiger partial charge in [-0.2, -0.15) is 9.57 Å². The van der Waals surface area contributed by atoms with E-state index < -0.39 is 31.3 Å². The van der Waals surface area contributed by atoms with Crippen molar-refractivity contribution in [2.75, 3.05) is 13.1 Å². The Kier molecular flexibility index (Phi) is 4.44. The predicted molar refractivity (Wildman–Crippen MR) is 74.9 cm³/mol. The van der Waals surface area contributed by atoms with E-state index in [1.807, 2.05) is 0 Å². The number of rotatable bonds is 3. The predicted octanol–water partition coefficient (Wildman–Crippen LogP) is 1.97. The quantitative estimate of drug-likeness (QED) is 0.623. The van der Waals surface area contributed by atoms with E-state index in [4.69, 9.17) is 5.26 Å². The Hall–Kier alpha value is -2.05. The minimum atomic E-state index is -4.01. The maximum absolute atomic E-state index is 13.8. The molecular weight excluding hydrogens is 313 g/mol. The van der Waals surface area contributed by atoms with Crippen LogP contribution in [0.15, 0.2) is 17.0 Å². The van der Waals surface area contributed by atoms with Crippen LogP contribution in [0.5, 0.6) is 0 Å². The van der Waals surface area contributed by atoms with Crippen LogP contribution in [-0.2, 0) is 10.0 Å². The molecule has 0 atom stereocenters. The molecule has 0 radical (unpaired) electrons. The second-order valence-corrected chi connectivity index (χ2v) is 7.05. The van der Waals surface area contributed by atoms with Crippen molar-refractivity contribution in [3.8, 4) is 6.07 Å². The monoisotopic (exact) mass is 327 g/mol. The number of piperidine rings is 1. The van der Waals surface area contributed by atoms with E-state index in [0.29, 0.717) is 12.8 Å². The van der Waals surface area contributed by atoms with Gasteiger partial charge in [-0.15, -0.1) is 0 Å². The highest BCUT2D eigenvalue weighted by Crippen LogP contribution is 2.29. The molecule has 1 aliphatic rings. The van der Waals surface area contributed by atoms with Crippen LogP contribution in [0.2, 0.25) is 0 Å². The number of nitriles is 1. The number of halogens is 1. The average Bonchev–Trinajstić information content (AvgIpc) is 2.49. The van der Waals surface area contributed by atoms with Gasteiger partial charge in [-0.05, 0) is 25.8 Å². The molecule has 0 spiro atoms. The Bertz CT molecular complexity index is 749. The first-order valence-corrected chi connectivity index (χ1v) is 8.05. The fraction of sp³-hybridized carbons (Fsp3) is 0.462. The van der Waals surface area contributed by atoms with Crippen LogP contribution in [0.3, 0.4) is 0 Å². The summed E-state index contributed by atoms with van der Waals surface area (Å²) < 4.78 is 39.9. The molecule has 0 unspecified atom stereocenters. The lowest BCUT2D eigenvalue weighted by molar-refractivity contribution is -0.385. The third-order valence-corrected chi connectivity index (χ3v) is 5.64. The molecule has 0 N–H and O–H groups in total. The van der Waals surface area contributed by atoms with Gasteiger partial charge in [0.1, 0.15) is 5.82 Å². The molecule has 1 aliphatic heterocycles. The van der Waals surface area contributed by atoms with E-state index in [1.54, 1.807) is 0 Å². The standard InChI is InChI=1S/C13H14FN3O4S/c1-9-12(14)6-11(7-13(9)17(18)19)22(20,21)16-4-2-10(8-15)3-5-16/h6-7,10H,2-5H2,1H3. The fourth-order valence-electron chi connectivity index (χ4n) is 2.35. The lowest BCUT2D eigenvalue weighted by Gasteiger charge is -2.28. The van der Waals surface area contributed by atoms with Crippen molar-refractivity contribution in [2.24, 2.45) is 5.92 Å². The molecule has 1 aromatic rings. The van der Waals surface area contributed by atoms with Crippen LogP contribution in [0.25, 0.3) is 0 Å². The van der Waals surface area contributed by atoms with Crippen molar-refractivity contribution in [1.82, 2.24) is 4.31 Å². The maximum Gasteiger partial charge on any atom is 0.276 e. The summed E-state index contributed by atoms with van der Waals surface area (Å²) in [4.78, 5) is 9.67. The van der Waals surface area contributed by atoms with Gasteiger partial charge in [0, 0.05) is 25.1 Å². The summed E-state index contributed by atoms with van der Waals surface area (Å²) in [6.07, 6.45) is 0.790. The molecule has 9 heteroatoms. The van der Waals surface area contributed by atoms with Crippen molar-refractivity contribution in [3.63, 3.8) is 0 Å². The van der Waals surface area contributed by atoms with Gasteiger partial charge in [0.15, 0.2) is 0 Å². The smallest absolute Gasteiger partial charge is 0.258 e. The van der Waals surface area contributed by atoms with Crippen molar-refractivity contribution in [3.05, 3.63) is 33.6 Å². The Balaban J connectivity index is 2.39. The van der Waals surface area contributed by atoms with E-state index in [-0.39, 0.29) is 24.6 Å². The highest BCUT2D eigenvalue weighted by Gasteiger charge is 2.31. The number of nitro benzene ring substituents is 1. The Morgan fingerprint density at radius 3 is 2.50 bits per heavy atom. The van der Waals surface area contributed by atoms with Crippen molar-refractivity contribution >= 4 is 15.7 Å². The fourth-order valence-corrected chi connectivity index (χ4v) is 3.86. The van der Waals surface area contributed by atoms with Crippen molar-refractivity contribution in [2.45, 2.75) is 24.7 Å². The zero-order valence-corrected chi connectivity index (χ0v) is 12.6. The molecule has 0 saturated carbocycles. The van der Waals surface area contributed by atoms with Crippen LogP contribution < -0.4 is 0 Å². The van der Waals surface area contributed by atoms with E-state index >= 15 is 0 Å². The van der Waals surface area contributed by atoms with Gasteiger partial charge in [-0.1, -0.05) is 0 Å². The molecule has 2 rings (SSSR count). The first kappa shape index (κ1) is 16.3. The number of benzene rings is 1. The van der Waals surface area contributed by atoms with E-state index in [2.05, 4.69) is 6.07 Å². The second kappa shape index (κ2) is 5.98. The minimum Gasteiger partial charge on any atom is -0.258 e. The minimum absolute atomic E-state index is 0.143. The van der Waals surface area contributed by atoms with Crippen molar-refractivity contribution in [1.29, 1.82) is 5.26 Å². The largest absolute Gasteiger partial charge is 0.276 e. The first-order chi connectivity index (χ1) is 10.3. The zero-order valence-electron chi connectivity index (χ0n) is 11.8. The lowest BCUT2D eigenvalue weighted by Crippen LogP contribution is -2.38. The topological polar surface area (TPSA) is 104 Å². The van der Waals surface area contributed by atoms with Gasteiger partial charge in [-0.3, -0.25) is 10.1 Å². The van der Waals surface area contributed by atoms with Crippen LogP contribution in [-0.4, -0.2) is 30.7 Å². The molecule has 0 bridgehead atoms. The highest BCUT2D eigenvalue weighted by atomic mass is 32.2. The van der Waals surface area contributed by atoms with Crippen LogP contribution >= 0.6 is 0 Å². The molecule has 1 aromatic carbocycles. The third kappa shape index (κ3) is 2.93. The molecule has 1 fully saturated rings. The normalized spacial score (nSPS) is 17.1. The van der Waals surface area contributed by atoms with Gasteiger partial charge in [0.25, 0.3) is 5.69 Å². The Morgan fingerprint density at radius 2 is 2.00 bits per heavy atom.